The van der Waals surface area contributed by atoms with Crippen molar-refractivity contribution in [1.82, 2.24) is 9.88 Å². The highest BCUT2D eigenvalue weighted by Crippen LogP contribution is 2.33. The van der Waals surface area contributed by atoms with Gasteiger partial charge in [-0.1, -0.05) is 18.2 Å². The third-order valence-corrected chi connectivity index (χ3v) is 5.34. The summed E-state index contributed by atoms with van der Waals surface area (Å²) in [6.07, 6.45) is 0. The summed E-state index contributed by atoms with van der Waals surface area (Å²) in [6, 6.07) is 17.1. The molecule has 29 heavy (non-hydrogen) atoms. The lowest BCUT2D eigenvalue weighted by Crippen LogP contribution is -2.48. The summed E-state index contributed by atoms with van der Waals surface area (Å²) in [7, 11) is 0. The molecular formula is C22H18N4O3. The number of nitrogens with zero attached hydrogens (tertiary/aromatic N) is 4. The molecule has 0 saturated carbocycles. The van der Waals surface area contributed by atoms with Gasteiger partial charge in [-0.3, -0.25) is 4.79 Å². The quantitative estimate of drug-likeness (QED) is 0.674. The van der Waals surface area contributed by atoms with Crippen molar-refractivity contribution in [3.63, 3.8) is 0 Å². The minimum Gasteiger partial charge on any atom is -0.454 e. The molecule has 7 nitrogen and oxygen atoms in total. The van der Waals surface area contributed by atoms with E-state index in [1.807, 2.05) is 35.2 Å². The summed E-state index contributed by atoms with van der Waals surface area (Å²) < 4.78 is 10.7. The Hall–Kier alpha value is -3.79. The first-order valence-corrected chi connectivity index (χ1v) is 9.47. The molecule has 2 aromatic carbocycles. The molecule has 144 valence electrons. The summed E-state index contributed by atoms with van der Waals surface area (Å²) in [6.45, 7) is 2.78. The van der Waals surface area contributed by atoms with Crippen molar-refractivity contribution in [3.8, 4) is 17.6 Å². The number of carbonyl (C=O) groups is 1. The van der Waals surface area contributed by atoms with Crippen LogP contribution in [0.5, 0.6) is 11.5 Å². The summed E-state index contributed by atoms with van der Waals surface area (Å²) in [5.74, 6) is 1.27. The molecule has 0 spiro atoms. The number of fused-ring (bicyclic) bond motifs is 2. The molecule has 3 heterocycles. The second kappa shape index (κ2) is 6.99. The van der Waals surface area contributed by atoms with Crippen LogP contribution in [0.3, 0.4) is 0 Å². The van der Waals surface area contributed by atoms with Crippen molar-refractivity contribution in [2.45, 2.75) is 0 Å². The topological polar surface area (TPSA) is 78.7 Å². The Labute approximate surface area is 167 Å². The van der Waals surface area contributed by atoms with Gasteiger partial charge >= 0.3 is 0 Å². The monoisotopic (exact) mass is 386 g/mol. The molecule has 0 unspecified atom stereocenters. The van der Waals surface area contributed by atoms with Gasteiger partial charge in [0.15, 0.2) is 11.5 Å². The van der Waals surface area contributed by atoms with E-state index in [0.29, 0.717) is 48.9 Å². The van der Waals surface area contributed by atoms with Crippen LogP contribution < -0.4 is 14.4 Å². The molecule has 0 bridgehead atoms. The highest BCUT2D eigenvalue weighted by atomic mass is 16.7. The van der Waals surface area contributed by atoms with Crippen LogP contribution in [-0.2, 0) is 0 Å². The van der Waals surface area contributed by atoms with E-state index in [-0.39, 0.29) is 12.7 Å². The number of benzene rings is 2. The molecule has 5 rings (SSSR count). The van der Waals surface area contributed by atoms with E-state index in [0.717, 1.165) is 16.6 Å². The molecule has 1 fully saturated rings. The van der Waals surface area contributed by atoms with Gasteiger partial charge in [-0.15, -0.1) is 0 Å². The summed E-state index contributed by atoms with van der Waals surface area (Å²) in [4.78, 5) is 21.4. The SMILES string of the molecule is N#Cc1cc(N2CCN(C(=O)c3ccc4c(c3)OCO4)CC2)c2ccccc2n1. The second-order valence-corrected chi connectivity index (χ2v) is 7.00. The van der Waals surface area contributed by atoms with Crippen LogP contribution in [0.2, 0.25) is 0 Å². The van der Waals surface area contributed by atoms with E-state index >= 15 is 0 Å². The number of piperazine rings is 1. The fourth-order valence-corrected chi connectivity index (χ4v) is 3.84. The third-order valence-electron chi connectivity index (χ3n) is 5.34. The standard InChI is InChI=1S/C22H18N4O3/c23-13-16-12-19(17-3-1-2-4-18(17)24-16)25-7-9-26(10-8-25)22(27)15-5-6-20-21(11-15)29-14-28-20/h1-6,11-12H,7-10,14H2. The lowest BCUT2D eigenvalue weighted by atomic mass is 10.1. The molecule has 0 aliphatic carbocycles. The molecule has 0 N–H and O–H groups in total. The van der Waals surface area contributed by atoms with Gasteiger partial charge in [0.1, 0.15) is 11.8 Å². The maximum Gasteiger partial charge on any atom is 0.254 e. The highest BCUT2D eigenvalue weighted by molar-refractivity contribution is 5.95. The number of pyridine rings is 1. The zero-order valence-corrected chi connectivity index (χ0v) is 15.7. The maximum atomic E-state index is 12.9. The van der Waals surface area contributed by atoms with Gasteiger partial charge in [-0.2, -0.15) is 5.26 Å². The largest absolute Gasteiger partial charge is 0.454 e. The van der Waals surface area contributed by atoms with Crippen molar-refractivity contribution >= 4 is 22.5 Å². The fourth-order valence-electron chi connectivity index (χ4n) is 3.84. The van der Waals surface area contributed by atoms with Crippen LogP contribution in [0.4, 0.5) is 5.69 Å². The molecule has 1 aromatic heterocycles. The van der Waals surface area contributed by atoms with Crippen molar-refractivity contribution in [1.29, 1.82) is 5.26 Å². The number of hydrogen-bond acceptors (Lipinski definition) is 6. The van der Waals surface area contributed by atoms with Gasteiger partial charge in [0.05, 0.1) is 5.52 Å². The zero-order chi connectivity index (χ0) is 19.8. The average Bonchev–Trinajstić information content (AvgIpc) is 3.26. The van der Waals surface area contributed by atoms with Crippen LogP contribution in [0, 0.1) is 11.3 Å². The predicted molar refractivity (Wildman–Crippen MR) is 107 cm³/mol. The first-order valence-electron chi connectivity index (χ1n) is 9.47. The average molecular weight is 386 g/mol. The van der Waals surface area contributed by atoms with Gasteiger partial charge < -0.3 is 19.3 Å². The lowest BCUT2D eigenvalue weighted by Gasteiger charge is -2.36. The molecule has 0 atom stereocenters. The van der Waals surface area contributed by atoms with Gasteiger partial charge in [-0.25, -0.2) is 4.98 Å². The summed E-state index contributed by atoms with van der Waals surface area (Å²) >= 11 is 0. The lowest BCUT2D eigenvalue weighted by molar-refractivity contribution is 0.0746. The van der Waals surface area contributed by atoms with Gasteiger partial charge in [0.25, 0.3) is 5.91 Å². The molecular weight excluding hydrogens is 368 g/mol. The Kier molecular flexibility index (Phi) is 4.17. The molecule has 7 heteroatoms. The van der Waals surface area contributed by atoms with Crippen LogP contribution in [0.1, 0.15) is 16.1 Å². The van der Waals surface area contributed by atoms with Gasteiger partial charge in [0, 0.05) is 42.8 Å². The van der Waals surface area contributed by atoms with E-state index in [1.165, 1.54) is 0 Å². The fraction of sp³-hybridized carbons (Fsp3) is 0.227. The van der Waals surface area contributed by atoms with Crippen molar-refractivity contribution in [2.24, 2.45) is 0 Å². The molecule has 2 aliphatic heterocycles. The molecule has 2 aliphatic rings. The number of anilines is 1. The Bertz CT molecular complexity index is 1150. The molecule has 0 radical (unpaired) electrons. The van der Waals surface area contributed by atoms with E-state index in [2.05, 4.69) is 16.0 Å². The Morgan fingerprint density at radius 1 is 1.00 bits per heavy atom. The minimum atomic E-state index is -0.0137. The highest BCUT2D eigenvalue weighted by Gasteiger charge is 2.25. The smallest absolute Gasteiger partial charge is 0.254 e. The number of rotatable bonds is 2. The number of hydrogen-bond donors (Lipinski definition) is 0. The van der Waals surface area contributed by atoms with Crippen LogP contribution in [0.15, 0.2) is 48.5 Å². The van der Waals surface area contributed by atoms with Crippen LogP contribution in [0.25, 0.3) is 10.9 Å². The maximum absolute atomic E-state index is 12.9. The van der Waals surface area contributed by atoms with Crippen LogP contribution in [-0.4, -0.2) is 48.8 Å². The Morgan fingerprint density at radius 2 is 1.79 bits per heavy atom. The van der Waals surface area contributed by atoms with Gasteiger partial charge in [0.2, 0.25) is 6.79 Å². The Morgan fingerprint density at radius 3 is 2.62 bits per heavy atom. The molecule has 3 aromatic rings. The van der Waals surface area contributed by atoms with E-state index in [1.54, 1.807) is 18.2 Å². The van der Waals surface area contributed by atoms with Gasteiger partial charge in [-0.05, 0) is 30.3 Å². The summed E-state index contributed by atoms with van der Waals surface area (Å²) in [5, 5.41) is 10.3. The number of nitriles is 1. The second-order valence-electron chi connectivity index (χ2n) is 7.00. The van der Waals surface area contributed by atoms with E-state index in [4.69, 9.17) is 9.47 Å². The van der Waals surface area contributed by atoms with Crippen molar-refractivity contribution in [3.05, 3.63) is 59.8 Å². The van der Waals surface area contributed by atoms with E-state index < -0.39 is 0 Å². The predicted octanol–water partition coefficient (Wildman–Crippen LogP) is 2.80. The first-order chi connectivity index (χ1) is 14.2. The number of ether oxygens (including phenoxy) is 2. The number of para-hydroxylation sites is 1. The molecule has 1 saturated heterocycles. The number of carbonyl (C=O) groups excluding carboxylic acids is 1. The summed E-state index contributed by atoms with van der Waals surface area (Å²) in [5.41, 5.74) is 2.80. The van der Waals surface area contributed by atoms with Crippen LogP contribution >= 0.6 is 0 Å². The van der Waals surface area contributed by atoms with Crippen molar-refractivity contribution in [2.75, 3.05) is 37.9 Å². The third kappa shape index (κ3) is 3.09. The zero-order valence-electron chi connectivity index (χ0n) is 15.7. The first kappa shape index (κ1) is 17.3. The Balaban J connectivity index is 1.35. The minimum absolute atomic E-state index is 0.0137. The van der Waals surface area contributed by atoms with Crippen molar-refractivity contribution < 1.29 is 14.3 Å². The number of amides is 1. The van der Waals surface area contributed by atoms with E-state index in [9.17, 15) is 10.1 Å². The normalized spacial score (nSPS) is 15.4. The number of aromatic nitrogens is 1. The molecule has 1 amide bonds.